The predicted octanol–water partition coefficient (Wildman–Crippen LogP) is 1.72. The van der Waals surface area contributed by atoms with Crippen LogP contribution in [-0.4, -0.2) is 29.1 Å². The Morgan fingerprint density at radius 2 is 2.39 bits per heavy atom. The molecule has 0 amide bonds. The van der Waals surface area contributed by atoms with E-state index in [-0.39, 0.29) is 5.84 Å². The van der Waals surface area contributed by atoms with Crippen LogP contribution in [0.25, 0.3) is 0 Å². The van der Waals surface area contributed by atoms with Crippen LogP contribution in [0.5, 0.6) is 0 Å². The molecule has 1 aromatic rings. The van der Waals surface area contributed by atoms with Crippen LogP contribution in [0.4, 0.5) is 5.82 Å². The minimum Gasteiger partial charge on any atom is -0.409 e. The highest BCUT2D eigenvalue weighted by atomic mass is 16.4. The second-order valence-corrected chi connectivity index (χ2v) is 5.01. The van der Waals surface area contributed by atoms with Gasteiger partial charge in [-0.1, -0.05) is 12.1 Å². The summed E-state index contributed by atoms with van der Waals surface area (Å²) >= 11 is 0. The Morgan fingerprint density at radius 3 is 3.06 bits per heavy atom. The van der Waals surface area contributed by atoms with Crippen molar-refractivity contribution in [2.24, 2.45) is 16.8 Å². The summed E-state index contributed by atoms with van der Waals surface area (Å²) in [6, 6.07) is 1.88. The maximum Gasteiger partial charge on any atom is 0.174 e. The summed E-state index contributed by atoms with van der Waals surface area (Å²) in [6.45, 7) is 6.14. The molecule has 0 radical (unpaired) electrons. The number of nitrogens with two attached hydrogens (primary N) is 1. The van der Waals surface area contributed by atoms with E-state index in [1.165, 1.54) is 6.42 Å². The molecule has 1 fully saturated rings. The van der Waals surface area contributed by atoms with Gasteiger partial charge in [-0.2, -0.15) is 0 Å². The fourth-order valence-corrected chi connectivity index (χ4v) is 2.53. The van der Waals surface area contributed by atoms with Gasteiger partial charge in [0.1, 0.15) is 5.82 Å². The normalized spacial score (nSPS) is 21.1. The predicted molar refractivity (Wildman–Crippen MR) is 72.1 cm³/mol. The van der Waals surface area contributed by atoms with Gasteiger partial charge in [-0.05, 0) is 37.3 Å². The Morgan fingerprint density at radius 1 is 1.61 bits per heavy atom. The quantitative estimate of drug-likeness (QED) is 0.362. The summed E-state index contributed by atoms with van der Waals surface area (Å²) in [4.78, 5) is 6.65. The molecule has 1 atom stereocenters. The van der Waals surface area contributed by atoms with E-state index in [0.717, 1.165) is 36.5 Å². The molecule has 1 aliphatic heterocycles. The molecule has 1 saturated heterocycles. The van der Waals surface area contributed by atoms with Crippen molar-refractivity contribution in [1.82, 2.24) is 4.98 Å². The van der Waals surface area contributed by atoms with Crippen molar-refractivity contribution >= 4 is 11.7 Å². The van der Waals surface area contributed by atoms with Gasteiger partial charge >= 0.3 is 0 Å². The molecular weight excluding hydrogens is 228 g/mol. The van der Waals surface area contributed by atoms with E-state index < -0.39 is 0 Å². The number of anilines is 1. The fourth-order valence-electron chi connectivity index (χ4n) is 2.53. The van der Waals surface area contributed by atoms with E-state index in [0.29, 0.717) is 5.92 Å². The zero-order chi connectivity index (χ0) is 13.1. The summed E-state index contributed by atoms with van der Waals surface area (Å²) in [6.07, 6.45) is 4.19. The molecule has 1 aliphatic rings. The number of amidine groups is 1. The minimum absolute atomic E-state index is 0.133. The highest BCUT2D eigenvalue weighted by Crippen LogP contribution is 2.25. The van der Waals surface area contributed by atoms with Crippen molar-refractivity contribution in [2.45, 2.75) is 26.7 Å². The van der Waals surface area contributed by atoms with E-state index >= 15 is 0 Å². The van der Waals surface area contributed by atoms with E-state index in [4.69, 9.17) is 10.9 Å². The number of hydrogen-bond acceptors (Lipinski definition) is 4. The lowest BCUT2D eigenvalue weighted by Gasteiger charge is -2.33. The molecule has 18 heavy (non-hydrogen) atoms. The van der Waals surface area contributed by atoms with Crippen LogP contribution < -0.4 is 10.6 Å². The number of aryl methyl sites for hydroxylation is 1. The first-order valence-electron chi connectivity index (χ1n) is 6.32. The monoisotopic (exact) mass is 248 g/mol. The van der Waals surface area contributed by atoms with Crippen LogP contribution in [0.15, 0.2) is 17.4 Å². The van der Waals surface area contributed by atoms with Gasteiger partial charge in [0, 0.05) is 19.3 Å². The van der Waals surface area contributed by atoms with Crippen LogP contribution in [-0.2, 0) is 0 Å². The van der Waals surface area contributed by atoms with Crippen molar-refractivity contribution in [1.29, 1.82) is 0 Å². The summed E-state index contributed by atoms with van der Waals surface area (Å²) in [5.41, 5.74) is 7.50. The van der Waals surface area contributed by atoms with Gasteiger partial charge in [-0.25, -0.2) is 4.98 Å². The van der Waals surface area contributed by atoms with Crippen molar-refractivity contribution in [3.63, 3.8) is 0 Å². The fraction of sp³-hybridized carbons (Fsp3) is 0.538. The number of oxime groups is 1. The number of rotatable bonds is 2. The first kappa shape index (κ1) is 12.7. The van der Waals surface area contributed by atoms with Crippen molar-refractivity contribution < 1.29 is 5.21 Å². The third kappa shape index (κ3) is 2.39. The Hall–Kier alpha value is -1.78. The number of nitrogens with zero attached hydrogens (tertiary/aromatic N) is 3. The molecule has 0 spiro atoms. The topological polar surface area (TPSA) is 74.7 Å². The zero-order valence-corrected chi connectivity index (χ0v) is 10.9. The van der Waals surface area contributed by atoms with Gasteiger partial charge in [0.2, 0.25) is 0 Å². The molecule has 1 unspecified atom stereocenters. The molecule has 5 heteroatoms. The van der Waals surface area contributed by atoms with Gasteiger partial charge in [0.25, 0.3) is 0 Å². The number of pyridine rings is 1. The van der Waals surface area contributed by atoms with Gasteiger partial charge in [-0.15, -0.1) is 0 Å². The Bertz CT molecular complexity index is 458. The van der Waals surface area contributed by atoms with Gasteiger partial charge in [-0.3, -0.25) is 0 Å². The lowest BCUT2D eigenvalue weighted by Crippen LogP contribution is -2.36. The molecular formula is C13H20N4O. The largest absolute Gasteiger partial charge is 0.409 e. The van der Waals surface area contributed by atoms with Crippen LogP contribution in [0.1, 0.15) is 30.9 Å². The average Bonchev–Trinajstić information content (AvgIpc) is 2.37. The molecule has 0 aliphatic carbocycles. The molecule has 2 heterocycles. The Balaban J connectivity index is 2.40. The average molecular weight is 248 g/mol. The van der Waals surface area contributed by atoms with Crippen LogP contribution >= 0.6 is 0 Å². The second-order valence-electron chi connectivity index (χ2n) is 5.01. The highest BCUT2D eigenvalue weighted by Gasteiger charge is 2.22. The van der Waals surface area contributed by atoms with Gasteiger partial charge < -0.3 is 15.8 Å². The van der Waals surface area contributed by atoms with Crippen LogP contribution in [0.2, 0.25) is 0 Å². The van der Waals surface area contributed by atoms with Crippen molar-refractivity contribution in [2.75, 3.05) is 18.0 Å². The molecule has 98 valence electrons. The van der Waals surface area contributed by atoms with Crippen molar-refractivity contribution in [3.8, 4) is 0 Å². The standard InChI is InChI=1S/C13H20N4O/c1-9-4-3-7-17(8-9)13-11(12(14)16-18)10(2)5-6-15-13/h5-6,9,18H,3-4,7-8H2,1-2H3,(H2,14,16). The first-order valence-corrected chi connectivity index (χ1v) is 6.32. The lowest BCUT2D eigenvalue weighted by molar-refractivity contribution is 0.318. The third-order valence-corrected chi connectivity index (χ3v) is 3.46. The molecule has 0 bridgehead atoms. The third-order valence-electron chi connectivity index (χ3n) is 3.46. The molecule has 0 saturated carbocycles. The van der Waals surface area contributed by atoms with E-state index in [2.05, 4.69) is 22.0 Å². The molecule has 2 rings (SSSR count). The molecule has 0 aromatic carbocycles. The zero-order valence-electron chi connectivity index (χ0n) is 10.9. The van der Waals surface area contributed by atoms with Crippen LogP contribution in [0.3, 0.4) is 0 Å². The van der Waals surface area contributed by atoms with Gasteiger partial charge in [0.05, 0.1) is 5.56 Å². The minimum atomic E-state index is 0.133. The smallest absolute Gasteiger partial charge is 0.174 e. The molecule has 5 nitrogen and oxygen atoms in total. The number of hydrogen-bond donors (Lipinski definition) is 2. The Labute approximate surface area is 107 Å². The van der Waals surface area contributed by atoms with Gasteiger partial charge in [0.15, 0.2) is 5.84 Å². The Kier molecular flexibility index (Phi) is 3.69. The maximum absolute atomic E-state index is 8.90. The van der Waals surface area contributed by atoms with Crippen LogP contribution in [0, 0.1) is 12.8 Å². The summed E-state index contributed by atoms with van der Waals surface area (Å²) in [7, 11) is 0. The maximum atomic E-state index is 8.90. The van der Waals surface area contributed by atoms with E-state index in [1.807, 2.05) is 13.0 Å². The lowest BCUT2D eigenvalue weighted by atomic mass is 9.99. The summed E-state index contributed by atoms with van der Waals surface area (Å²) in [5.74, 6) is 1.62. The molecule has 3 N–H and O–H groups in total. The van der Waals surface area contributed by atoms with Crippen molar-refractivity contribution in [3.05, 3.63) is 23.4 Å². The first-order chi connectivity index (χ1) is 8.63. The number of piperidine rings is 1. The van der Waals surface area contributed by atoms with E-state index in [1.54, 1.807) is 6.20 Å². The summed E-state index contributed by atoms with van der Waals surface area (Å²) in [5, 5.41) is 12.0. The highest BCUT2D eigenvalue weighted by molar-refractivity contribution is 6.02. The molecule has 1 aromatic heterocycles. The summed E-state index contributed by atoms with van der Waals surface area (Å²) < 4.78 is 0. The van der Waals surface area contributed by atoms with E-state index in [9.17, 15) is 0 Å². The second kappa shape index (κ2) is 5.25. The SMILES string of the molecule is Cc1ccnc(N2CCCC(C)C2)c1/C(N)=N/O. The number of aromatic nitrogens is 1.